The van der Waals surface area contributed by atoms with Crippen LogP contribution in [0.3, 0.4) is 0 Å². The molecule has 1 N–H and O–H groups in total. The minimum atomic E-state index is 0.733. The van der Waals surface area contributed by atoms with Crippen LogP contribution in [0.5, 0.6) is 0 Å². The third-order valence-electron chi connectivity index (χ3n) is 4.97. The summed E-state index contributed by atoms with van der Waals surface area (Å²) in [6, 6.07) is 1.54. The van der Waals surface area contributed by atoms with E-state index < -0.39 is 0 Å². The van der Waals surface area contributed by atoms with E-state index in [1.807, 2.05) is 0 Å². The smallest absolute Gasteiger partial charge is 0.0195 e. The number of hydrogen-bond acceptors (Lipinski definition) is 3. The molecule has 0 bridgehead atoms. The Hall–Kier alpha value is -0.120. The fourth-order valence-electron chi connectivity index (χ4n) is 3.65. The summed E-state index contributed by atoms with van der Waals surface area (Å²) < 4.78 is 0. The molecule has 1 heterocycles. The molecule has 2 aliphatic rings. The molecule has 2 fully saturated rings. The Morgan fingerprint density at radius 2 is 1.79 bits per heavy atom. The van der Waals surface area contributed by atoms with Gasteiger partial charge in [0.1, 0.15) is 0 Å². The van der Waals surface area contributed by atoms with E-state index in [4.69, 9.17) is 0 Å². The van der Waals surface area contributed by atoms with Crippen LogP contribution in [0.4, 0.5) is 0 Å². The fraction of sp³-hybridized carbons (Fsp3) is 1.00. The zero-order chi connectivity index (χ0) is 13.5. The highest BCUT2D eigenvalue weighted by molar-refractivity contribution is 4.79. The molecule has 0 aromatic heterocycles. The van der Waals surface area contributed by atoms with Gasteiger partial charge in [0.25, 0.3) is 0 Å². The second-order valence-electron chi connectivity index (χ2n) is 6.42. The zero-order valence-corrected chi connectivity index (χ0v) is 13.0. The van der Waals surface area contributed by atoms with Crippen LogP contribution in [0, 0.1) is 0 Å². The molecule has 0 aromatic carbocycles. The van der Waals surface area contributed by atoms with Crippen molar-refractivity contribution in [1.82, 2.24) is 15.1 Å². The summed E-state index contributed by atoms with van der Waals surface area (Å²) in [4.78, 5) is 5.23. The van der Waals surface area contributed by atoms with Crippen molar-refractivity contribution in [2.45, 2.75) is 64.5 Å². The Balaban J connectivity index is 1.60. The van der Waals surface area contributed by atoms with Crippen LogP contribution in [0.1, 0.15) is 52.4 Å². The predicted octanol–water partition coefficient (Wildman–Crippen LogP) is 2.32. The van der Waals surface area contributed by atoms with Crippen molar-refractivity contribution in [2.24, 2.45) is 0 Å². The molecule has 0 aromatic rings. The molecule has 1 unspecified atom stereocenters. The molecule has 19 heavy (non-hydrogen) atoms. The van der Waals surface area contributed by atoms with Crippen molar-refractivity contribution in [3.63, 3.8) is 0 Å². The standard InChI is InChI=1S/C16H33N3/c1-3-19-13-12-18(14-15(19)2)11-10-17-16-8-6-4-5-7-9-16/h15-17H,3-14H2,1-2H3. The average molecular weight is 267 g/mol. The molecule has 1 saturated heterocycles. The van der Waals surface area contributed by atoms with Crippen molar-refractivity contribution in [3.8, 4) is 0 Å². The lowest BCUT2D eigenvalue weighted by atomic mass is 10.1. The normalized spacial score (nSPS) is 28.4. The van der Waals surface area contributed by atoms with E-state index in [-0.39, 0.29) is 0 Å². The first kappa shape index (κ1) is 15.3. The van der Waals surface area contributed by atoms with E-state index in [9.17, 15) is 0 Å². The monoisotopic (exact) mass is 267 g/mol. The first-order valence-corrected chi connectivity index (χ1v) is 8.49. The van der Waals surface area contributed by atoms with E-state index in [1.54, 1.807) is 0 Å². The number of nitrogens with zero attached hydrogens (tertiary/aromatic N) is 2. The summed E-state index contributed by atoms with van der Waals surface area (Å²) in [5, 5.41) is 3.79. The van der Waals surface area contributed by atoms with Crippen LogP contribution in [0.15, 0.2) is 0 Å². The van der Waals surface area contributed by atoms with Crippen LogP contribution in [0.25, 0.3) is 0 Å². The van der Waals surface area contributed by atoms with Crippen LogP contribution in [-0.4, -0.2) is 61.2 Å². The summed E-state index contributed by atoms with van der Waals surface area (Å²) >= 11 is 0. The first-order chi connectivity index (χ1) is 9.29. The first-order valence-electron chi connectivity index (χ1n) is 8.49. The third kappa shape index (κ3) is 5.05. The molecule has 1 aliphatic heterocycles. The average Bonchev–Trinajstić information content (AvgIpc) is 2.68. The molecule has 0 spiro atoms. The fourth-order valence-corrected chi connectivity index (χ4v) is 3.65. The lowest BCUT2D eigenvalue weighted by Crippen LogP contribution is -2.53. The van der Waals surface area contributed by atoms with E-state index in [0.717, 1.165) is 12.1 Å². The maximum atomic E-state index is 3.79. The quantitative estimate of drug-likeness (QED) is 0.771. The topological polar surface area (TPSA) is 18.5 Å². The second-order valence-corrected chi connectivity index (χ2v) is 6.42. The minimum Gasteiger partial charge on any atom is -0.313 e. The summed E-state index contributed by atoms with van der Waals surface area (Å²) in [6.07, 6.45) is 8.58. The van der Waals surface area contributed by atoms with Crippen LogP contribution >= 0.6 is 0 Å². The van der Waals surface area contributed by atoms with Crippen LogP contribution in [0.2, 0.25) is 0 Å². The van der Waals surface area contributed by atoms with Crippen molar-refractivity contribution < 1.29 is 0 Å². The number of piperazine rings is 1. The van der Waals surface area contributed by atoms with Crippen molar-refractivity contribution >= 4 is 0 Å². The second kappa shape index (κ2) is 8.23. The Morgan fingerprint density at radius 3 is 2.42 bits per heavy atom. The molecule has 0 radical (unpaired) electrons. The molecular weight excluding hydrogens is 234 g/mol. The molecular formula is C16H33N3. The van der Waals surface area contributed by atoms with Crippen LogP contribution in [-0.2, 0) is 0 Å². The molecule has 3 heteroatoms. The molecule has 1 saturated carbocycles. The van der Waals surface area contributed by atoms with Gasteiger partial charge in [-0.25, -0.2) is 0 Å². The maximum Gasteiger partial charge on any atom is 0.0195 e. The summed E-state index contributed by atoms with van der Waals surface area (Å²) in [5.41, 5.74) is 0. The third-order valence-corrected chi connectivity index (χ3v) is 4.97. The molecule has 2 rings (SSSR count). The van der Waals surface area contributed by atoms with Crippen molar-refractivity contribution in [3.05, 3.63) is 0 Å². The molecule has 1 atom stereocenters. The van der Waals surface area contributed by atoms with Gasteiger partial charge >= 0.3 is 0 Å². The Morgan fingerprint density at radius 1 is 1.05 bits per heavy atom. The number of hydrogen-bond donors (Lipinski definition) is 1. The van der Waals surface area contributed by atoms with Crippen molar-refractivity contribution in [2.75, 3.05) is 39.3 Å². The van der Waals surface area contributed by atoms with E-state index in [0.29, 0.717) is 0 Å². The summed E-state index contributed by atoms with van der Waals surface area (Å²) in [5.74, 6) is 0. The maximum absolute atomic E-state index is 3.79. The molecule has 3 nitrogen and oxygen atoms in total. The van der Waals surface area contributed by atoms with Gasteiger partial charge in [-0.2, -0.15) is 0 Å². The number of rotatable bonds is 5. The number of nitrogens with one attached hydrogen (secondary N) is 1. The van der Waals surface area contributed by atoms with Gasteiger partial charge in [0.2, 0.25) is 0 Å². The van der Waals surface area contributed by atoms with Gasteiger partial charge < -0.3 is 5.32 Å². The Kier molecular flexibility index (Phi) is 6.62. The van der Waals surface area contributed by atoms with Gasteiger partial charge in [-0.3, -0.25) is 9.80 Å². The van der Waals surface area contributed by atoms with Gasteiger partial charge in [-0.15, -0.1) is 0 Å². The summed E-state index contributed by atoms with van der Waals surface area (Å²) in [7, 11) is 0. The van der Waals surface area contributed by atoms with E-state index in [2.05, 4.69) is 29.0 Å². The summed E-state index contributed by atoms with van der Waals surface area (Å²) in [6.45, 7) is 12.0. The Bertz CT molecular complexity index is 236. The Labute approximate surface area is 119 Å². The lowest BCUT2D eigenvalue weighted by Gasteiger charge is -2.39. The largest absolute Gasteiger partial charge is 0.313 e. The van der Waals surface area contributed by atoms with E-state index in [1.165, 1.54) is 77.8 Å². The number of likely N-dealkylation sites (N-methyl/N-ethyl adjacent to an activating group) is 1. The zero-order valence-electron chi connectivity index (χ0n) is 13.0. The van der Waals surface area contributed by atoms with Gasteiger partial charge in [-0.1, -0.05) is 32.6 Å². The van der Waals surface area contributed by atoms with Gasteiger partial charge in [0.15, 0.2) is 0 Å². The highest BCUT2D eigenvalue weighted by Crippen LogP contribution is 2.17. The van der Waals surface area contributed by atoms with Gasteiger partial charge in [0.05, 0.1) is 0 Å². The SMILES string of the molecule is CCN1CCN(CCNC2CCCCCC2)CC1C. The van der Waals surface area contributed by atoms with Gasteiger partial charge in [0, 0.05) is 44.8 Å². The lowest BCUT2D eigenvalue weighted by molar-refractivity contribution is 0.0881. The van der Waals surface area contributed by atoms with E-state index >= 15 is 0 Å². The molecule has 1 aliphatic carbocycles. The molecule has 0 amide bonds. The minimum absolute atomic E-state index is 0.733. The molecule has 112 valence electrons. The van der Waals surface area contributed by atoms with Gasteiger partial charge in [-0.05, 0) is 26.3 Å². The predicted molar refractivity (Wildman–Crippen MR) is 82.6 cm³/mol. The van der Waals surface area contributed by atoms with Crippen molar-refractivity contribution in [1.29, 1.82) is 0 Å². The van der Waals surface area contributed by atoms with Crippen LogP contribution < -0.4 is 5.32 Å². The highest BCUT2D eigenvalue weighted by atomic mass is 15.3. The highest BCUT2D eigenvalue weighted by Gasteiger charge is 2.21.